The van der Waals surface area contributed by atoms with E-state index < -0.39 is 9.84 Å². The molecule has 1 fully saturated rings. The number of rotatable bonds is 5. The van der Waals surface area contributed by atoms with Crippen molar-refractivity contribution < 1.29 is 13.2 Å². The highest BCUT2D eigenvalue weighted by Crippen LogP contribution is 2.19. The molecule has 2 aromatic rings. The van der Waals surface area contributed by atoms with Gasteiger partial charge in [0.1, 0.15) is 0 Å². The molecular formula is C22H28N2O3S. The van der Waals surface area contributed by atoms with Gasteiger partial charge < -0.3 is 4.90 Å². The van der Waals surface area contributed by atoms with Gasteiger partial charge in [0, 0.05) is 39.0 Å². The van der Waals surface area contributed by atoms with Crippen LogP contribution in [-0.2, 0) is 16.4 Å². The predicted octanol–water partition coefficient (Wildman–Crippen LogP) is 3.17. The number of benzene rings is 2. The van der Waals surface area contributed by atoms with Crippen molar-refractivity contribution in [3.05, 3.63) is 65.2 Å². The topological polar surface area (TPSA) is 57.7 Å². The van der Waals surface area contributed by atoms with Crippen LogP contribution in [0.4, 0.5) is 0 Å². The molecule has 0 bridgehead atoms. The van der Waals surface area contributed by atoms with E-state index in [2.05, 4.69) is 43.0 Å². The first kappa shape index (κ1) is 20.6. The van der Waals surface area contributed by atoms with Crippen LogP contribution in [0.5, 0.6) is 0 Å². The Morgan fingerprint density at radius 3 is 2.14 bits per heavy atom. The van der Waals surface area contributed by atoms with Crippen molar-refractivity contribution in [2.75, 3.05) is 32.4 Å². The Morgan fingerprint density at radius 2 is 1.57 bits per heavy atom. The highest BCUT2D eigenvalue weighted by Gasteiger charge is 2.26. The van der Waals surface area contributed by atoms with Crippen LogP contribution in [0, 0.1) is 0 Å². The lowest BCUT2D eigenvalue weighted by atomic mass is 10.0. The van der Waals surface area contributed by atoms with Crippen LogP contribution in [0.15, 0.2) is 53.4 Å². The highest BCUT2D eigenvalue weighted by atomic mass is 32.2. The average Bonchev–Trinajstić information content (AvgIpc) is 2.68. The molecule has 1 amide bonds. The van der Waals surface area contributed by atoms with Gasteiger partial charge in [-0.1, -0.05) is 50.2 Å². The quantitative estimate of drug-likeness (QED) is 0.774. The second-order valence-corrected chi connectivity index (χ2v) is 9.72. The van der Waals surface area contributed by atoms with Crippen molar-refractivity contribution in [2.24, 2.45) is 0 Å². The van der Waals surface area contributed by atoms with E-state index in [9.17, 15) is 13.2 Å². The number of piperazine rings is 1. The third-order valence-electron chi connectivity index (χ3n) is 5.23. The summed E-state index contributed by atoms with van der Waals surface area (Å²) in [6.45, 7) is 7.99. The Kier molecular flexibility index (Phi) is 6.20. The Labute approximate surface area is 167 Å². The van der Waals surface area contributed by atoms with Crippen LogP contribution < -0.4 is 0 Å². The van der Waals surface area contributed by atoms with Crippen molar-refractivity contribution in [2.45, 2.75) is 31.2 Å². The number of nitrogens with zero attached hydrogens (tertiary/aromatic N) is 2. The van der Waals surface area contributed by atoms with Crippen LogP contribution in [0.1, 0.15) is 41.3 Å². The number of amides is 1. The maximum absolute atomic E-state index is 12.9. The molecule has 0 unspecified atom stereocenters. The zero-order valence-electron chi connectivity index (χ0n) is 16.8. The molecule has 0 N–H and O–H groups in total. The van der Waals surface area contributed by atoms with E-state index >= 15 is 0 Å². The molecule has 0 aromatic heterocycles. The molecule has 1 saturated heterocycles. The Balaban J connectivity index is 1.62. The summed E-state index contributed by atoms with van der Waals surface area (Å²) in [7, 11) is -3.44. The summed E-state index contributed by atoms with van der Waals surface area (Å²) in [6.07, 6.45) is 1.14. The van der Waals surface area contributed by atoms with Crippen molar-refractivity contribution in [3.8, 4) is 0 Å². The third kappa shape index (κ3) is 4.80. The molecular weight excluding hydrogens is 372 g/mol. The molecule has 1 aliphatic rings. The second-order valence-electron chi connectivity index (χ2n) is 7.73. The molecule has 0 aliphatic carbocycles. The average molecular weight is 401 g/mol. The van der Waals surface area contributed by atoms with Crippen molar-refractivity contribution >= 4 is 15.7 Å². The number of sulfone groups is 1. The van der Waals surface area contributed by atoms with Crippen molar-refractivity contribution in [3.63, 3.8) is 0 Å². The highest BCUT2D eigenvalue weighted by molar-refractivity contribution is 7.90. The van der Waals surface area contributed by atoms with E-state index in [1.807, 2.05) is 0 Å². The van der Waals surface area contributed by atoms with Gasteiger partial charge in [-0.15, -0.1) is 0 Å². The van der Waals surface area contributed by atoms with Gasteiger partial charge in [0.05, 0.1) is 10.5 Å². The fraction of sp³-hybridized carbons (Fsp3) is 0.409. The maximum Gasteiger partial charge on any atom is 0.255 e. The first-order valence-electron chi connectivity index (χ1n) is 9.65. The standard InChI is InChI=1S/C22H28N2O3S/c1-17(2)19-10-8-18(9-11-19)16-23-12-14-24(15-13-23)22(25)20-6-4-5-7-21(20)28(3,26)27/h4-11,17H,12-16H2,1-3H3. The molecule has 150 valence electrons. The number of carbonyl (C=O) groups excluding carboxylic acids is 1. The largest absolute Gasteiger partial charge is 0.336 e. The molecule has 1 heterocycles. The molecule has 5 nitrogen and oxygen atoms in total. The van der Waals surface area contributed by atoms with E-state index in [1.54, 1.807) is 23.1 Å². The Bertz CT molecular complexity index is 929. The van der Waals surface area contributed by atoms with Crippen LogP contribution in [0.2, 0.25) is 0 Å². The Hall–Kier alpha value is -2.18. The lowest BCUT2D eigenvalue weighted by molar-refractivity contribution is 0.0624. The van der Waals surface area contributed by atoms with Crippen LogP contribution >= 0.6 is 0 Å². The van der Waals surface area contributed by atoms with E-state index in [0.29, 0.717) is 19.0 Å². The molecule has 0 atom stereocenters. The second kappa shape index (κ2) is 8.45. The number of hydrogen-bond donors (Lipinski definition) is 0. The molecule has 0 spiro atoms. The molecule has 0 saturated carbocycles. The van der Waals surface area contributed by atoms with Gasteiger partial charge >= 0.3 is 0 Å². The number of hydrogen-bond acceptors (Lipinski definition) is 4. The monoisotopic (exact) mass is 400 g/mol. The van der Waals surface area contributed by atoms with Gasteiger partial charge in [0.2, 0.25) is 0 Å². The van der Waals surface area contributed by atoms with Gasteiger partial charge in [-0.05, 0) is 29.2 Å². The van der Waals surface area contributed by atoms with E-state index in [0.717, 1.165) is 25.9 Å². The zero-order chi connectivity index (χ0) is 20.3. The lowest BCUT2D eigenvalue weighted by Gasteiger charge is -2.35. The maximum atomic E-state index is 12.9. The van der Waals surface area contributed by atoms with E-state index in [-0.39, 0.29) is 16.4 Å². The van der Waals surface area contributed by atoms with Gasteiger partial charge in [-0.25, -0.2) is 8.42 Å². The van der Waals surface area contributed by atoms with Crippen LogP contribution in [0.25, 0.3) is 0 Å². The minimum absolute atomic E-state index is 0.104. The molecule has 6 heteroatoms. The van der Waals surface area contributed by atoms with Gasteiger partial charge in [-0.3, -0.25) is 9.69 Å². The minimum Gasteiger partial charge on any atom is -0.336 e. The molecule has 28 heavy (non-hydrogen) atoms. The molecule has 1 aliphatic heterocycles. The first-order chi connectivity index (χ1) is 13.3. The smallest absolute Gasteiger partial charge is 0.255 e. The lowest BCUT2D eigenvalue weighted by Crippen LogP contribution is -2.48. The van der Waals surface area contributed by atoms with E-state index in [1.165, 1.54) is 17.2 Å². The first-order valence-corrected chi connectivity index (χ1v) is 11.5. The van der Waals surface area contributed by atoms with Crippen molar-refractivity contribution in [1.82, 2.24) is 9.80 Å². The summed E-state index contributed by atoms with van der Waals surface area (Å²) in [6, 6.07) is 15.2. The summed E-state index contributed by atoms with van der Waals surface area (Å²) in [5.74, 6) is 0.320. The zero-order valence-corrected chi connectivity index (χ0v) is 17.6. The van der Waals surface area contributed by atoms with Gasteiger partial charge in [-0.2, -0.15) is 0 Å². The SMILES string of the molecule is CC(C)c1ccc(CN2CCN(C(=O)c3ccccc3S(C)(=O)=O)CC2)cc1. The fourth-order valence-electron chi connectivity index (χ4n) is 3.51. The summed E-state index contributed by atoms with van der Waals surface area (Å²) in [4.78, 5) is 17.1. The number of carbonyl (C=O) groups is 1. The molecule has 2 aromatic carbocycles. The summed E-state index contributed by atoms with van der Waals surface area (Å²) >= 11 is 0. The normalized spacial score (nSPS) is 15.8. The minimum atomic E-state index is -3.44. The third-order valence-corrected chi connectivity index (χ3v) is 6.38. The van der Waals surface area contributed by atoms with Crippen LogP contribution in [0.3, 0.4) is 0 Å². The van der Waals surface area contributed by atoms with Crippen molar-refractivity contribution in [1.29, 1.82) is 0 Å². The summed E-state index contributed by atoms with van der Waals surface area (Å²) in [5.41, 5.74) is 2.87. The van der Waals surface area contributed by atoms with Crippen LogP contribution in [-0.4, -0.2) is 56.6 Å². The van der Waals surface area contributed by atoms with E-state index in [4.69, 9.17) is 0 Å². The molecule has 3 rings (SSSR count). The van der Waals surface area contributed by atoms with Gasteiger partial charge in [0.25, 0.3) is 5.91 Å². The predicted molar refractivity (Wildman–Crippen MR) is 111 cm³/mol. The molecule has 0 radical (unpaired) electrons. The summed E-state index contributed by atoms with van der Waals surface area (Å²) in [5, 5.41) is 0. The summed E-state index contributed by atoms with van der Waals surface area (Å²) < 4.78 is 24.0. The fourth-order valence-corrected chi connectivity index (χ4v) is 4.39. The van der Waals surface area contributed by atoms with Gasteiger partial charge in [0.15, 0.2) is 9.84 Å². The Morgan fingerprint density at radius 1 is 0.964 bits per heavy atom.